The highest BCUT2D eigenvalue weighted by Gasteiger charge is 2.13. The van der Waals surface area contributed by atoms with Crippen molar-refractivity contribution in [1.82, 2.24) is 15.5 Å². The Balaban J connectivity index is 0.00000450. The van der Waals surface area contributed by atoms with E-state index in [1.807, 2.05) is 6.92 Å². The Bertz CT molecular complexity index is 686. The van der Waals surface area contributed by atoms with Crippen LogP contribution < -0.4 is 10.6 Å². The molecule has 7 nitrogen and oxygen atoms in total. The summed E-state index contributed by atoms with van der Waals surface area (Å²) in [5.74, 6) is 0.582. The molecule has 30 heavy (non-hydrogen) atoms. The van der Waals surface area contributed by atoms with E-state index in [1.54, 1.807) is 19.0 Å². The molecule has 168 valence electrons. The van der Waals surface area contributed by atoms with Gasteiger partial charge < -0.3 is 25.0 Å². The third-order valence-corrected chi connectivity index (χ3v) is 4.56. The van der Waals surface area contributed by atoms with Gasteiger partial charge >= 0.3 is 0 Å². The number of hydrogen-bond donors (Lipinski definition) is 2. The fourth-order valence-corrected chi connectivity index (χ4v) is 2.69. The molecule has 0 aliphatic carbocycles. The van der Waals surface area contributed by atoms with Gasteiger partial charge in [-0.2, -0.15) is 0 Å². The molecule has 0 spiro atoms. The first kappa shape index (κ1) is 26.4. The second-order valence-electron chi connectivity index (χ2n) is 7.56. The molecule has 1 aromatic carbocycles. The van der Waals surface area contributed by atoms with Gasteiger partial charge in [-0.05, 0) is 30.9 Å². The molecule has 0 saturated carbocycles. The van der Waals surface area contributed by atoms with Crippen LogP contribution in [0.5, 0.6) is 0 Å². The van der Waals surface area contributed by atoms with Gasteiger partial charge in [-0.25, -0.2) is 4.99 Å². The van der Waals surface area contributed by atoms with Crippen molar-refractivity contribution in [2.75, 3.05) is 40.4 Å². The summed E-state index contributed by atoms with van der Waals surface area (Å²) in [7, 11) is 3.46. The van der Waals surface area contributed by atoms with Crippen LogP contribution in [0.4, 0.5) is 0 Å². The molecular formula is C22H35IN4O3. The van der Waals surface area contributed by atoms with Crippen LogP contribution in [-0.2, 0) is 27.4 Å². The maximum Gasteiger partial charge on any atom is 0.241 e. The van der Waals surface area contributed by atoms with Gasteiger partial charge in [0.25, 0.3) is 0 Å². The zero-order valence-corrected chi connectivity index (χ0v) is 20.6. The Morgan fingerprint density at radius 3 is 2.37 bits per heavy atom. The monoisotopic (exact) mass is 530 g/mol. The minimum absolute atomic E-state index is 0. The van der Waals surface area contributed by atoms with E-state index in [-0.39, 0.29) is 36.4 Å². The largest absolute Gasteiger partial charge is 0.381 e. The number of guanidine groups is 1. The number of likely N-dealkylation sites (N-methyl/N-ethyl adjacent to an activating group) is 1. The lowest BCUT2D eigenvalue weighted by atomic mass is 10.1. The number of nitrogens with one attached hydrogen (secondary N) is 2. The third kappa shape index (κ3) is 10.4. The average Bonchev–Trinajstić information content (AvgIpc) is 2.72. The summed E-state index contributed by atoms with van der Waals surface area (Å²) >= 11 is 0. The van der Waals surface area contributed by atoms with Crippen LogP contribution >= 0.6 is 24.0 Å². The van der Waals surface area contributed by atoms with E-state index in [1.165, 1.54) is 0 Å². The van der Waals surface area contributed by atoms with Crippen LogP contribution in [0.15, 0.2) is 41.4 Å². The SMILES string of the molecule is C=C(C)CNC(=NCc1ccc(COC2CCOCC2)cc1)NCC(=O)N(C)C.I. The molecule has 0 radical (unpaired) electrons. The molecule has 1 amide bonds. The van der Waals surface area contributed by atoms with Gasteiger partial charge in [0, 0.05) is 33.9 Å². The Hall–Kier alpha value is -1.65. The summed E-state index contributed by atoms with van der Waals surface area (Å²) in [4.78, 5) is 17.9. The predicted molar refractivity (Wildman–Crippen MR) is 131 cm³/mol. The molecule has 1 aromatic rings. The maximum atomic E-state index is 11.8. The van der Waals surface area contributed by atoms with Gasteiger partial charge in [-0.15, -0.1) is 24.0 Å². The van der Waals surface area contributed by atoms with Crippen LogP contribution in [0.3, 0.4) is 0 Å². The molecule has 1 heterocycles. The molecule has 0 atom stereocenters. The molecule has 1 fully saturated rings. The van der Waals surface area contributed by atoms with E-state index in [9.17, 15) is 4.79 Å². The molecule has 1 aliphatic rings. The van der Waals surface area contributed by atoms with E-state index < -0.39 is 0 Å². The summed E-state index contributed by atoms with van der Waals surface area (Å²) in [6.07, 6.45) is 2.23. The van der Waals surface area contributed by atoms with Gasteiger partial charge in [0.1, 0.15) is 0 Å². The quantitative estimate of drug-likeness (QED) is 0.222. The first-order valence-electron chi connectivity index (χ1n) is 10.1. The molecule has 1 saturated heterocycles. The summed E-state index contributed by atoms with van der Waals surface area (Å²) < 4.78 is 11.3. The molecule has 2 N–H and O–H groups in total. The Morgan fingerprint density at radius 2 is 1.77 bits per heavy atom. The summed E-state index contributed by atoms with van der Waals surface area (Å²) in [6, 6.07) is 8.28. The van der Waals surface area contributed by atoms with Gasteiger partial charge in [0.2, 0.25) is 5.91 Å². The van der Waals surface area contributed by atoms with E-state index in [4.69, 9.17) is 9.47 Å². The van der Waals surface area contributed by atoms with Crippen molar-refractivity contribution >= 4 is 35.8 Å². The molecule has 0 aromatic heterocycles. The predicted octanol–water partition coefficient (Wildman–Crippen LogP) is 2.70. The van der Waals surface area contributed by atoms with Crippen molar-refractivity contribution in [1.29, 1.82) is 0 Å². The summed E-state index contributed by atoms with van der Waals surface area (Å²) in [5, 5.41) is 6.26. The van der Waals surface area contributed by atoms with Gasteiger partial charge in [-0.1, -0.05) is 36.4 Å². The number of ether oxygens (including phenoxy) is 2. The van der Waals surface area contributed by atoms with Crippen molar-refractivity contribution in [3.8, 4) is 0 Å². The van der Waals surface area contributed by atoms with Crippen LogP contribution in [0.1, 0.15) is 30.9 Å². The first-order valence-corrected chi connectivity index (χ1v) is 10.1. The number of halogens is 1. The smallest absolute Gasteiger partial charge is 0.241 e. The zero-order valence-electron chi connectivity index (χ0n) is 18.3. The lowest BCUT2D eigenvalue weighted by molar-refractivity contribution is -0.127. The van der Waals surface area contributed by atoms with Crippen molar-refractivity contribution < 1.29 is 14.3 Å². The Morgan fingerprint density at radius 1 is 1.17 bits per heavy atom. The van der Waals surface area contributed by atoms with E-state index in [0.717, 1.165) is 42.8 Å². The maximum absolute atomic E-state index is 11.8. The van der Waals surface area contributed by atoms with Crippen LogP contribution in [0, 0.1) is 0 Å². The standard InChI is InChI=1S/C22H34N4O3.HI/c1-17(2)13-23-22(25-15-21(27)26(3)4)24-14-18-5-7-19(8-6-18)16-29-20-9-11-28-12-10-20;/h5-8,20H,1,9-16H2,2-4H3,(H2,23,24,25);1H. The minimum atomic E-state index is -0.0105. The highest BCUT2D eigenvalue weighted by molar-refractivity contribution is 14.0. The third-order valence-electron chi connectivity index (χ3n) is 4.56. The second-order valence-corrected chi connectivity index (χ2v) is 7.56. The van der Waals surface area contributed by atoms with Crippen molar-refractivity contribution in [3.63, 3.8) is 0 Å². The van der Waals surface area contributed by atoms with Crippen molar-refractivity contribution in [2.45, 2.75) is 39.0 Å². The Kier molecular flexibility index (Phi) is 12.6. The molecular weight excluding hydrogens is 495 g/mol. The number of carbonyl (C=O) groups excluding carboxylic acids is 1. The molecule has 1 aliphatic heterocycles. The number of benzene rings is 1. The van der Waals surface area contributed by atoms with Crippen LogP contribution in [0.2, 0.25) is 0 Å². The molecule has 0 unspecified atom stereocenters. The Labute approximate surface area is 197 Å². The fourth-order valence-electron chi connectivity index (χ4n) is 2.69. The normalized spacial score (nSPS) is 14.6. The van der Waals surface area contributed by atoms with Gasteiger partial charge in [-0.3, -0.25) is 4.79 Å². The van der Waals surface area contributed by atoms with E-state index >= 15 is 0 Å². The molecule has 2 rings (SSSR count). The van der Waals surface area contributed by atoms with Crippen LogP contribution in [0.25, 0.3) is 0 Å². The van der Waals surface area contributed by atoms with Gasteiger partial charge in [0.05, 0.1) is 25.8 Å². The summed E-state index contributed by atoms with van der Waals surface area (Å²) in [5.41, 5.74) is 3.24. The molecule has 0 bridgehead atoms. The van der Waals surface area contributed by atoms with Crippen LogP contribution in [-0.4, -0.2) is 63.3 Å². The van der Waals surface area contributed by atoms with E-state index in [2.05, 4.69) is 46.5 Å². The summed E-state index contributed by atoms with van der Waals surface area (Å²) in [6.45, 7) is 9.34. The number of aliphatic imine (C=N–C) groups is 1. The van der Waals surface area contributed by atoms with Crippen molar-refractivity contribution in [3.05, 3.63) is 47.5 Å². The van der Waals surface area contributed by atoms with Gasteiger partial charge in [0.15, 0.2) is 5.96 Å². The number of nitrogens with zero attached hydrogens (tertiary/aromatic N) is 2. The fraction of sp³-hybridized carbons (Fsp3) is 0.545. The molecule has 8 heteroatoms. The first-order chi connectivity index (χ1) is 13.9. The zero-order chi connectivity index (χ0) is 21.1. The number of amides is 1. The second kappa shape index (κ2) is 14.4. The highest BCUT2D eigenvalue weighted by atomic mass is 127. The lowest BCUT2D eigenvalue weighted by Crippen LogP contribution is -2.43. The number of carbonyl (C=O) groups is 1. The number of hydrogen-bond acceptors (Lipinski definition) is 4. The van der Waals surface area contributed by atoms with E-state index in [0.29, 0.717) is 31.8 Å². The average molecular weight is 530 g/mol. The highest BCUT2D eigenvalue weighted by Crippen LogP contribution is 2.14. The minimum Gasteiger partial charge on any atom is -0.381 e. The van der Waals surface area contributed by atoms with Crippen molar-refractivity contribution in [2.24, 2.45) is 4.99 Å². The number of rotatable bonds is 9. The topological polar surface area (TPSA) is 75.2 Å². The lowest BCUT2D eigenvalue weighted by Gasteiger charge is -2.22.